The van der Waals surface area contributed by atoms with E-state index in [1.165, 1.54) is 9.75 Å². The molecule has 0 saturated carbocycles. The van der Waals surface area contributed by atoms with Crippen molar-refractivity contribution >= 4 is 34.5 Å². The molecule has 0 bridgehead atoms. The summed E-state index contributed by atoms with van der Waals surface area (Å²) in [6.45, 7) is 4.09. The summed E-state index contributed by atoms with van der Waals surface area (Å²) in [5.74, 6) is 0. The molecule has 1 unspecified atom stereocenters. The van der Waals surface area contributed by atoms with Crippen molar-refractivity contribution in [3.05, 3.63) is 56.2 Å². The second-order valence-corrected chi connectivity index (χ2v) is 5.93. The fourth-order valence-corrected chi connectivity index (χ4v) is 3.14. The smallest absolute Gasteiger partial charge is 0.0930 e. The standard InChI is InChI=1S/C13H12Cl2S/c1-8-6-7-12(16-8)13(15)10-4-3-5-11(14)9(10)2/h3-7,13H,1-2H3. The summed E-state index contributed by atoms with van der Waals surface area (Å²) in [5.41, 5.74) is 2.16. The highest BCUT2D eigenvalue weighted by molar-refractivity contribution is 7.12. The summed E-state index contributed by atoms with van der Waals surface area (Å²) in [5, 5.41) is 0.675. The minimum absolute atomic E-state index is 0.0996. The zero-order chi connectivity index (χ0) is 11.7. The first-order chi connectivity index (χ1) is 7.59. The molecule has 2 aromatic rings. The lowest BCUT2D eigenvalue weighted by molar-refractivity contribution is 1.15. The molecule has 0 radical (unpaired) electrons. The number of aryl methyl sites for hydroxylation is 1. The second-order valence-electron chi connectivity index (χ2n) is 3.77. The summed E-state index contributed by atoms with van der Waals surface area (Å²) in [6, 6.07) is 10.0. The van der Waals surface area contributed by atoms with Crippen molar-refractivity contribution < 1.29 is 0 Å². The van der Waals surface area contributed by atoms with Crippen LogP contribution in [0.2, 0.25) is 5.02 Å². The Morgan fingerprint density at radius 3 is 2.50 bits per heavy atom. The van der Waals surface area contributed by atoms with Gasteiger partial charge in [0.15, 0.2) is 0 Å². The van der Waals surface area contributed by atoms with Crippen LogP contribution in [0, 0.1) is 13.8 Å². The van der Waals surface area contributed by atoms with Gasteiger partial charge in [0.05, 0.1) is 5.38 Å². The number of benzene rings is 1. The molecule has 3 heteroatoms. The predicted octanol–water partition coefficient (Wildman–Crippen LogP) is 5.35. The molecule has 0 spiro atoms. The van der Waals surface area contributed by atoms with Crippen molar-refractivity contribution in [3.8, 4) is 0 Å². The van der Waals surface area contributed by atoms with Gasteiger partial charge in [-0.3, -0.25) is 0 Å². The number of alkyl halides is 1. The van der Waals surface area contributed by atoms with E-state index < -0.39 is 0 Å². The Balaban J connectivity index is 2.41. The van der Waals surface area contributed by atoms with Gasteiger partial charge in [0.25, 0.3) is 0 Å². The Kier molecular flexibility index (Phi) is 3.58. The first-order valence-corrected chi connectivity index (χ1v) is 6.68. The fourth-order valence-electron chi connectivity index (χ4n) is 1.64. The van der Waals surface area contributed by atoms with Gasteiger partial charge < -0.3 is 0 Å². The van der Waals surface area contributed by atoms with Gasteiger partial charge in [-0.15, -0.1) is 22.9 Å². The number of halogens is 2. The SMILES string of the molecule is Cc1ccc(C(Cl)c2cccc(Cl)c2C)s1. The van der Waals surface area contributed by atoms with Crippen molar-refractivity contribution in [1.29, 1.82) is 0 Å². The molecule has 0 fully saturated rings. The van der Waals surface area contributed by atoms with Crippen LogP contribution in [0.25, 0.3) is 0 Å². The quantitative estimate of drug-likeness (QED) is 0.646. The minimum atomic E-state index is -0.0996. The monoisotopic (exact) mass is 270 g/mol. The zero-order valence-electron chi connectivity index (χ0n) is 9.13. The highest BCUT2D eigenvalue weighted by Gasteiger charge is 2.15. The van der Waals surface area contributed by atoms with Gasteiger partial charge in [-0.05, 0) is 43.2 Å². The van der Waals surface area contributed by atoms with Gasteiger partial charge in [-0.2, -0.15) is 0 Å². The molecule has 16 heavy (non-hydrogen) atoms. The normalized spacial score (nSPS) is 12.8. The highest BCUT2D eigenvalue weighted by atomic mass is 35.5. The molecular weight excluding hydrogens is 259 g/mol. The van der Waals surface area contributed by atoms with Crippen LogP contribution in [0.4, 0.5) is 0 Å². The molecule has 0 amide bonds. The third-order valence-corrected chi connectivity index (χ3v) is 4.67. The number of rotatable bonds is 2. The summed E-state index contributed by atoms with van der Waals surface area (Å²) in [6.07, 6.45) is 0. The van der Waals surface area contributed by atoms with Crippen LogP contribution in [-0.4, -0.2) is 0 Å². The summed E-state index contributed by atoms with van der Waals surface area (Å²) in [4.78, 5) is 2.45. The molecule has 1 aromatic heterocycles. The van der Waals surface area contributed by atoms with Crippen molar-refractivity contribution in [2.75, 3.05) is 0 Å². The van der Waals surface area contributed by atoms with Crippen LogP contribution < -0.4 is 0 Å². The van der Waals surface area contributed by atoms with Gasteiger partial charge in [-0.1, -0.05) is 23.7 Å². The van der Waals surface area contributed by atoms with Crippen LogP contribution >= 0.6 is 34.5 Å². The molecule has 1 aromatic carbocycles. The topological polar surface area (TPSA) is 0 Å². The molecule has 0 aliphatic rings. The first kappa shape index (κ1) is 12.0. The molecule has 1 heterocycles. The Hall–Kier alpha value is -0.500. The van der Waals surface area contributed by atoms with Crippen LogP contribution in [-0.2, 0) is 0 Å². The highest BCUT2D eigenvalue weighted by Crippen LogP contribution is 2.36. The van der Waals surface area contributed by atoms with Gasteiger partial charge in [-0.25, -0.2) is 0 Å². The Bertz CT molecular complexity index is 502. The van der Waals surface area contributed by atoms with Crippen LogP contribution in [0.5, 0.6) is 0 Å². The van der Waals surface area contributed by atoms with E-state index in [0.29, 0.717) is 0 Å². The summed E-state index contributed by atoms with van der Waals surface area (Å²) in [7, 11) is 0. The van der Waals surface area contributed by atoms with Gasteiger partial charge in [0, 0.05) is 14.8 Å². The summed E-state index contributed by atoms with van der Waals surface area (Å²) >= 11 is 14.3. The van der Waals surface area contributed by atoms with Gasteiger partial charge in [0.1, 0.15) is 0 Å². The maximum atomic E-state index is 6.47. The lowest BCUT2D eigenvalue weighted by Crippen LogP contribution is -1.94. The fraction of sp³-hybridized carbons (Fsp3) is 0.231. The Morgan fingerprint density at radius 1 is 1.12 bits per heavy atom. The van der Waals surface area contributed by atoms with Crippen molar-refractivity contribution in [2.45, 2.75) is 19.2 Å². The van der Waals surface area contributed by atoms with E-state index in [4.69, 9.17) is 23.2 Å². The molecule has 0 nitrogen and oxygen atoms in total. The lowest BCUT2D eigenvalue weighted by atomic mass is 10.0. The number of thiophene rings is 1. The average Bonchev–Trinajstić information content (AvgIpc) is 2.68. The van der Waals surface area contributed by atoms with E-state index in [-0.39, 0.29) is 5.38 Å². The van der Waals surface area contributed by atoms with E-state index in [9.17, 15) is 0 Å². The van der Waals surface area contributed by atoms with E-state index in [2.05, 4.69) is 19.1 Å². The Morgan fingerprint density at radius 2 is 1.88 bits per heavy atom. The molecule has 1 atom stereocenters. The van der Waals surface area contributed by atoms with E-state index in [1.54, 1.807) is 11.3 Å². The molecule has 84 valence electrons. The molecule has 0 saturated heterocycles. The third kappa shape index (κ3) is 2.27. The maximum absolute atomic E-state index is 6.47. The van der Waals surface area contributed by atoms with Crippen molar-refractivity contribution in [1.82, 2.24) is 0 Å². The second kappa shape index (κ2) is 4.79. The Labute approximate surface area is 110 Å². The number of hydrogen-bond acceptors (Lipinski definition) is 1. The van der Waals surface area contributed by atoms with Gasteiger partial charge in [0.2, 0.25) is 0 Å². The van der Waals surface area contributed by atoms with E-state index in [1.807, 2.05) is 25.1 Å². The largest absolute Gasteiger partial charge is 0.144 e. The van der Waals surface area contributed by atoms with E-state index in [0.717, 1.165) is 16.1 Å². The minimum Gasteiger partial charge on any atom is -0.144 e. The van der Waals surface area contributed by atoms with Crippen molar-refractivity contribution in [3.63, 3.8) is 0 Å². The maximum Gasteiger partial charge on any atom is 0.0930 e. The number of hydrogen-bond donors (Lipinski definition) is 0. The van der Waals surface area contributed by atoms with Crippen LogP contribution in [0.15, 0.2) is 30.3 Å². The molecule has 2 rings (SSSR count). The summed E-state index contributed by atoms with van der Waals surface area (Å²) < 4.78 is 0. The van der Waals surface area contributed by atoms with Gasteiger partial charge >= 0.3 is 0 Å². The lowest BCUT2D eigenvalue weighted by Gasteiger charge is -2.12. The van der Waals surface area contributed by atoms with E-state index >= 15 is 0 Å². The predicted molar refractivity (Wildman–Crippen MR) is 72.9 cm³/mol. The van der Waals surface area contributed by atoms with Crippen molar-refractivity contribution in [2.24, 2.45) is 0 Å². The third-order valence-electron chi connectivity index (χ3n) is 2.59. The average molecular weight is 271 g/mol. The first-order valence-electron chi connectivity index (χ1n) is 5.05. The molecular formula is C13H12Cl2S. The molecule has 0 aliphatic carbocycles. The molecule has 0 aliphatic heterocycles. The molecule has 0 N–H and O–H groups in total. The zero-order valence-corrected chi connectivity index (χ0v) is 11.5. The van der Waals surface area contributed by atoms with Crippen LogP contribution in [0.1, 0.15) is 26.3 Å². The van der Waals surface area contributed by atoms with Crippen LogP contribution in [0.3, 0.4) is 0 Å².